The number of benzene rings is 3. The summed E-state index contributed by atoms with van der Waals surface area (Å²) in [6.45, 7) is 1.85. The molecule has 1 amide bonds. The highest BCUT2D eigenvalue weighted by atomic mass is 32.2. The number of carbonyl (C=O) groups excluding carboxylic acids is 2. The first kappa shape index (κ1) is 33.7. The van der Waals surface area contributed by atoms with E-state index in [1.165, 1.54) is 18.2 Å². The quantitative estimate of drug-likeness (QED) is 0.265. The number of hydrogen-bond donors (Lipinski definition) is 2. The van der Waals surface area contributed by atoms with Gasteiger partial charge < -0.3 is 15.0 Å². The third-order valence-electron chi connectivity index (χ3n) is 8.73. The Bertz CT molecular complexity index is 2090. The van der Waals surface area contributed by atoms with Crippen LogP contribution in [0.15, 0.2) is 71.6 Å². The number of nitriles is 2. The number of piperidine rings is 1. The van der Waals surface area contributed by atoms with E-state index in [4.69, 9.17) is 15.3 Å². The number of H-pyrrole nitrogens is 1. The number of nitrogens with one attached hydrogen (secondary N) is 2. The maximum atomic E-state index is 13.7. The highest BCUT2D eigenvalue weighted by molar-refractivity contribution is 7.89. The number of aromatic amines is 1. The minimum Gasteiger partial charge on any atom is -0.434 e. The summed E-state index contributed by atoms with van der Waals surface area (Å²) >= 11 is 0. The summed E-state index contributed by atoms with van der Waals surface area (Å²) in [6, 6.07) is 20.6. The maximum Gasteiger partial charge on any atom is 0.490 e. The van der Waals surface area contributed by atoms with Crippen LogP contribution in [0.1, 0.15) is 57.4 Å². The van der Waals surface area contributed by atoms with Gasteiger partial charge in [-0.05, 0) is 73.0 Å². The monoisotopic (exact) mass is 690 g/mol. The average Bonchev–Trinajstić information content (AvgIpc) is 3.47. The number of aromatic nitrogens is 1. The number of sulfonamides is 1. The SMILES string of the molecule is N#Cc1ccc(CN2CCC(NC(=O)c3ccc4[nH]c5c(c4c3)C(OC(=O)C(F)(F)F)N(S(=O)(=O)c3ccc(C#N)cc3)CC5)CC2)cc1. The van der Waals surface area contributed by atoms with E-state index in [0.29, 0.717) is 40.5 Å². The third kappa shape index (κ3) is 7.00. The van der Waals surface area contributed by atoms with Crippen molar-refractivity contribution in [2.45, 2.75) is 49.1 Å². The lowest BCUT2D eigenvalue weighted by Crippen LogP contribution is -2.44. The molecular formula is C34H29F3N6O5S. The summed E-state index contributed by atoms with van der Waals surface area (Å²) in [5.41, 5.74) is 2.83. The Hall–Kier alpha value is -5.22. The van der Waals surface area contributed by atoms with Crippen molar-refractivity contribution >= 4 is 32.8 Å². The Kier molecular flexibility index (Phi) is 9.18. The van der Waals surface area contributed by atoms with E-state index >= 15 is 0 Å². The van der Waals surface area contributed by atoms with Gasteiger partial charge in [0, 0.05) is 66.4 Å². The second-order valence-corrected chi connectivity index (χ2v) is 13.8. The van der Waals surface area contributed by atoms with Crippen molar-refractivity contribution in [2.24, 2.45) is 0 Å². The molecule has 0 bridgehead atoms. The van der Waals surface area contributed by atoms with E-state index < -0.39 is 34.3 Å². The summed E-state index contributed by atoms with van der Waals surface area (Å²) < 4.78 is 73.4. The Labute approximate surface area is 279 Å². The lowest BCUT2D eigenvalue weighted by atomic mass is 10.0. The third-order valence-corrected chi connectivity index (χ3v) is 10.6. The fraction of sp³-hybridized carbons (Fsp3) is 0.294. The number of halogens is 3. The summed E-state index contributed by atoms with van der Waals surface area (Å²) in [4.78, 5) is 30.6. The van der Waals surface area contributed by atoms with Crippen LogP contribution in [0.2, 0.25) is 0 Å². The van der Waals surface area contributed by atoms with E-state index in [-0.39, 0.29) is 46.0 Å². The van der Waals surface area contributed by atoms with Crippen molar-refractivity contribution in [1.82, 2.24) is 19.5 Å². The van der Waals surface area contributed by atoms with Crippen LogP contribution in [0.4, 0.5) is 13.2 Å². The van der Waals surface area contributed by atoms with E-state index in [1.807, 2.05) is 18.2 Å². The molecule has 3 heterocycles. The number of likely N-dealkylation sites (tertiary alicyclic amines) is 1. The van der Waals surface area contributed by atoms with Gasteiger partial charge in [0.1, 0.15) is 0 Å². The molecule has 11 nitrogen and oxygen atoms in total. The van der Waals surface area contributed by atoms with Crippen molar-refractivity contribution in [3.63, 3.8) is 0 Å². The lowest BCUT2D eigenvalue weighted by molar-refractivity contribution is -0.210. The van der Waals surface area contributed by atoms with Crippen molar-refractivity contribution in [3.05, 3.63) is 100 Å². The first-order valence-electron chi connectivity index (χ1n) is 15.3. The number of amides is 1. The van der Waals surface area contributed by atoms with Crippen molar-refractivity contribution in [1.29, 1.82) is 10.5 Å². The van der Waals surface area contributed by atoms with Crippen LogP contribution in [0.25, 0.3) is 10.9 Å². The maximum absolute atomic E-state index is 13.7. The van der Waals surface area contributed by atoms with Crippen LogP contribution in [-0.4, -0.2) is 66.3 Å². The summed E-state index contributed by atoms with van der Waals surface area (Å²) in [5.74, 6) is -2.98. The standard InChI is InChI=1S/C34H29F3N6O5S/c35-34(36,37)33(45)48-32-30-27-17-24(31(44)40-25-11-14-42(15-12-25)20-23-3-1-21(18-38)2-4-23)7-10-28(27)41-29(30)13-16-43(32)49(46,47)26-8-5-22(19-39)6-9-26/h1-10,17,25,32,41H,11-16,20H2,(H,40,44). The van der Waals surface area contributed by atoms with Crippen molar-refractivity contribution < 1.29 is 35.9 Å². The minimum absolute atomic E-state index is 0.00170. The van der Waals surface area contributed by atoms with Crippen LogP contribution in [0, 0.1) is 22.7 Å². The Morgan fingerprint density at radius 3 is 2.18 bits per heavy atom. The molecular weight excluding hydrogens is 661 g/mol. The molecule has 1 fully saturated rings. The van der Waals surface area contributed by atoms with Crippen LogP contribution in [0.5, 0.6) is 0 Å². The zero-order chi connectivity index (χ0) is 34.9. The zero-order valence-electron chi connectivity index (χ0n) is 25.8. The van der Waals surface area contributed by atoms with Crippen LogP contribution < -0.4 is 5.32 Å². The number of hydrogen-bond acceptors (Lipinski definition) is 8. The fourth-order valence-corrected chi connectivity index (χ4v) is 7.67. The number of carbonyl (C=O) groups is 2. The molecule has 49 heavy (non-hydrogen) atoms. The zero-order valence-corrected chi connectivity index (χ0v) is 26.6. The van der Waals surface area contributed by atoms with Crippen LogP contribution >= 0.6 is 0 Å². The second kappa shape index (κ2) is 13.4. The largest absolute Gasteiger partial charge is 0.490 e. The fourth-order valence-electron chi connectivity index (χ4n) is 6.19. The molecule has 252 valence electrons. The lowest BCUT2D eigenvalue weighted by Gasteiger charge is -2.34. The van der Waals surface area contributed by atoms with Gasteiger partial charge in [0.2, 0.25) is 10.0 Å². The molecule has 1 aromatic heterocycles. The van der Waals surface area contributed by atoms with Gasteiger partial charge in [-0.3, -0.25) is 9.69 Å². The molecule has 15 heteroatoms. The Morgan fingerprint density at radius 1 is 0.939 bits per heavy atom. The molecule has 2 N–H and O–H groups in total. The van der Waals surface area contributed by atoms with E-state index in [0.717, 1.165) is 30.8 Å². The number of nitrogens with zero attached hydrogens (tertiary/aromatic N) is 4. The predicted octanol–water partition coefficient (Wildman–Crippen LogP) is 4.66. The first-order valence-corrected chi connectivity index (χ1v) is 16.8. The molecule has 1 saturated heterocycles. The Morgan fingerprint density at radius 2 is 1.57 bits per heavy atom. The molecule has 0 spiro atoms. The number of fused-ring (bicyclic) bond motifs is 3. The van der Waals surface area contributed by atoms with Gasteiger partial charge >= 0.3 is 12.1 Å². The molecule has 1 atom stereocenters. The molecule has 2 aliphatic rings. The predicted molar refractivity (Wildman–Crippen MR) is 169 cm³/mol. The van der Waals surface area contributed by atoms with E-state index in [2.05, 4.69) is 21.3 Å². The smallest absolute Gasteiger partial charge is 0.434 e. The minimum atomic E-state index is -5.41. The van der Waals surface area contributed by atoms with Gasteiger partial charge in [0.25, 0.3) is 5.91 Å². The number of alkyl halides is 3. The van der Waals surface area contributed by atoms with Gasteiger partial charge in [-0.15, -0.1) is 0 Å². The first-order chi connectivity index (χ1) is 23.4. The molecule has 0 radical (unpaired) electrons. The normalized spacial score (nSPS) is 17.5. The van der Waals surface area contributed by atoms with Crippen molar-refractivity contribution in [2.75, 3.05) is 19.6 Å². The van der Waals surface area contributed by atoms with E-state index in [9.17, 15) is 31.2 Å². The molecule has 4 aromatic rings. The molecule has 0 saturated carbocycles. The van der Waals surface area contributed by atoms with Crippen LogP contribution in [0.3, 0.4) is 0 Å². The summed E-state index contributed by atoms with van der Waals surface area (Å²) in [7, 11) is -4.52. The topological polar surface area (TPSA) is 159 Å². The number of rotatable bonds is 7. The number of esters is 1. The molecule has 3 aromatic carbocycles. The Balaban J connectivity index is 1.24. The van der Waals surface area contributed by atoms with Gasteiger partial charge in [-0.1, -0.05) is 12.1 Å². The molecule has 2 aliphatic heterocycles. The summed E-state index contributed by atoms with van der Waals surface area (Å²) in [5, 5.41) is 21.4. The second-order valence-electron chi connectivity index (χ2n) is 11.9. The molecule has 0 aliphatic carbocycles. The van der Waals surface area contributed by atoms with E-state index in [1.54, 1.807) is 24.3 Å². The average molecular weight is 691 g/mol. The summed E-state index contributed by atoms with van der Waals surface area (Å²) in [6.07, 6.45) is -5.98. The van der Waals surface area contributed by atoms with Crippen LogP contribution in [-0.2, 0) is 32.5 Å². The van der Waals surface area contributed by atoms with Crippen molar-refractivity contribution in [3.8, 4) is 12.1 Å². The molecule has 6 rings (SSSR count). The van der Waals surface area contributed by atoms with Gasteiger partial charge in [0.05, 0.1) is 28.2 Å². The molecule has 1 unspecified atom stereocenters. The highest BCUT2D eigenvalue weighted by Crippen LogP contribution is 2.41. The van der Waals surface area contributed by atoms with Gasteiger partial charge in [-0.2, -0.15) is 28.0 Å². The van der Waals surface area contributed by atoms with Gasteiger partial charge in [0.15, 0.2) is 6.23 Å². The highest BCUT2D eigenvalue weighted by Gasteiger charge is 2.47. The van der Waals surface area contributed by atoms with Gasteiger partial charge in [-0.25, -0.2) is 13.2 Å². The number of ether oxygens (including phenoxy) is 1.